The van der Waals surface area contributed by atoms with Crippen molar-refractivity contribution in [3.8, 4) is 17.2 Å². The van der Waals surface area contributed by atoms with Crippen molar-refractivity contribution in [2.24, 2.45) is 4.99 Å². The van der Waals surface area contributed by atoms with Crippen LogP contribution in [0.2, 0.25) is 0 Å². The summed E-state index contributed by atoms with van der Waals surface area (Å²) in [6.45, 7) is 7.18. The normalized spacial score (nSPS) is 15.8. The topological polar surface area (TPSA) is 87.6 Å². The second-order valence-electron chi connectivity index (χ2n) is 7.52. The van der Waals surface area contributed by atoms with Crippen molar-refractivity contribution in [3.05, 3.63) is 53.6 Å². The minimum Gasteiger partial charge on any atom is -0.508 e. The zero-order valence-corrected chi connectivity index (χ0v) is 19.1. The fraction of sp³-hybridized carbons (Fsp3) is 0.458. The molecule has 1 fully saturated rings. The molecular formula is C24H34N4O4. The van der Waals surface area contributed by atoms with Crippen molar-refractivity contribution < 1.29 is 19.3 Å². The van der Waals surface area contributed by atoms with E-state index in [2.05, 4.69) is 21.6 Å². The number of rotatable bonds is 9. The molecule has 0 aliphatic carbocycles. The SMILES string of the molecule is CCNC(=NCc1ccc(O)cc1)NCC(c1ccc(OC)c(OC)c1)N1CCOCC1. The van der Waals surface area contributed by atoms with Gasteiger partial charge in [-0.3, -0.25) is 4.90 Å². The van der Waals surface area contributed by atoms with Gasteiger partial charge in [0.25, 0.3) is 0 Å². The third-order valence-corrected chi connectivity index (χ3v) is 5.44. The molecule has 1 aliphatic rings. The molecule has 3 rings (SSSR count). The summed E-state index contributed by atoms with van der Waals surface area (Å²) in [5, 5.41) is 16.3. The lowest BCUT2D eigenvalue weighted by atomic mass is 10.0. The molecule has 2 aromatic carbocycles. The van der Waals surface area contributed by atoms with E-state index in [1.54, 1.807) is 26.4 Å². The van der Waals surface area contributed by atoms with Crippen LogP contribution >= 0.6 is 0 Å². The van der Waals surface area contributed by atoms with E-state index in [4.69, 9.17) is 19.2 Å². The Bertz CT molecular complexity index is 867. The number of phenols is 1. The first-order valence-electron chi connectivity index (χ1n) is 11.0. The van der Waals surface area contributed by atoms with Crippen LogP contribution in [0.15, 0.2) is 47.5 Å². The molecule has 1 heterocycles. The van der Waals surface area contributed by atoms with Gasteiger partial charge in [0.1, 0.15) is 5.75 Å². The third kappa shape index (κ3) is 6.51. The number of nitrogens with one attached hydrogen (secondary N) is 2. The number of phenolic OH excluding ortho intramolecular Hbond substituents is 1. The molecule has 0 radical (unpaired) electrons. The predicted molar refractivity (Wildman–Crippen MR) is 126 cm³/mol. The Morgan fingerprint density at radius 3 is 2.44 bits per heavy atom. The number of aromatic hydroxyl groups is 1. The summed E-state index contributed by atoms with van der Waals surface area (Å²) in [4.78, 5) is 7.13. The molecule has 0 spiro atoms. The van der Waals surface area contributed by atoms with Crippen molar-refractivity contribution in [3.63, 3.8) is 0 Å². The van der Waals surface area contributed by atoms with Gasteiger partial charge in [-0.1, -0.05) is 18.2 Å². The van der Waals surface area contributed by atoms with Crippen LogP contribution in [0.4, 0.5) is 0 Å². The molecule has 0 aromatic heterocycles. The Kier molecular flexibility index (Phi) is 9.01. The summed E-state index contributed by atoms with van der Waals surface area (Å²) in [6, 6.07) is 13.3. The first kappa shape index (κ1) is 23.7. The van der Waals surface area contributed by atoms with E-state index in [0.717, 1.165) is 55.7 Å². The van der Waals surface area contributed by atoms with Gasteiger partial charge in [-0.15, -0.1) is 0 Å². The highest BCUT2D eigenvalue weighted by Crippen LogP contribution is 2.32. The molecular weight excluding hydrogens is 408 g/mol. The number of benzene rings is 2. The van der Waals surface area contributed by atoms with Gasteiger partial charge < -0.3 is 30.0 Å². The largest absolute Gasteiger partial charge is 0.508 e. The summed E-state index contributed by atoms with van der Waals surface area (Å²) in [5.74, 6) is 2.44. The Balaban J connectivity index is 1.76. The van der Waals surface area contributed by atoms with Crippen LogP contribution in [-0.2, 0) is 11.3 Å². The van der Waals surface area contributed by atoms with Gasteiger partial charge in [-0.05, 0) is 42.3 Å². The Hall–Kier alpha value is -2.97. The Morgan fingerprint density at radius 2 is 1.78 bits per heavy atom. The van der Waals surface area contributed by atoms with Crippen molar-refractivity contribution in [1.29, 1.82) is 0 Å². The molecule has 0 bridgehead atoms. The summed E-state index contributed by atoms with van der Waals surface area (Å²) < 4.78 is 16.5. The van der Waals surface area contributed by atoms with Crippen LogP contribution < -0.4 is 20.1 Å². The van der Waals surface area contributed by atoms with Gasteiger partial charge in [-0.25, -0.2) is 4.99 Å². The van der Waals surface area contributed by atoms with E-state index >= 15 is 0 Å². The number of ether oxygens (including phenoxy) is 3. The van der Waals surface area contributed by atoms with Crippen LogP contribution in [0, 0.1) is 0 Å². The van der Waals surface area contributed by atoms with Crippen LogP contribution in [0.25, 0.3) is 0 Å². The summed E-state index contributed by atoms with van der Waals surface area (Å²) in [5.41, 5.74) is 2.18. The molecule has 2 aromatic rings. The summed E-state index contributed by atoms with van der Waals surface area (Å²) in [7, 11) is 3.30. The maximum atomic E-state index is 9.48. The minimum atomic E-state index is 0.122. The van der Waals surface area contributed by atoms with E-state index in [9.17, 15) is 5.11 Å². The van der Waals surface area contributed by atoms with E-state index in [1.165, 1.54) is 0 Å². The van der Waals surface area contributed by atoms with Crippen LogP contribution in [0.3, 0.4) is 0 Å². The second-order valence-corrected chi connectivity index (χ2v) is 7.52. The van der Waals surface area contributed by atoms with Gasteiger partial charge >= 0.3 is 0 Å². The van der Waals surface area contributed by atoms with Crippen molar-refractivity contribution in [2.45, 2.75) is 19.5 Å². The quantitative estimate of drug-likeness (QED) is 0.406. The van der Waals surface area contributed by atoms with Crippen molar-refractivity contribution in [2.75, 3.05) is 53.6 Å². The first-order chi connectivity index (χ1) is 15.6. The number of hydrogen-bond donors (Lipinski definition) is 3. The van der Waals surface area contributed by atoms with E-state index in [1.807, 2.05) is 31.2 Å². The smallest absolute Gasteiger partial charge is 0.191 e. The van der Waals surface area contributed by atoms with Gasteiger partial charge in [0.05, 0.1) is 40.0 Å². The lowest BCUT2D eigenvalue weighted by Gasteiger charge is -2.35. The van der Waals surface area contributed by atoms with Crippen LogP contribution in [0.1, 0.15) is 24.1 Å². The average Bonchev–Trinajstić information content (AvgIpc) is 2.84. The summed E-state index contributed by atoms with van der Waals surface area (Å²) >= 11 is 0. The number of guanidine groups is 1. The molecule has 1 aliphatic heterocycles. The Morgan fingerprint density at radius 1 is 1.06 bits per heavy atom. The number of nitrogens with zero attached hydrogens (tertiary/aromatic N) is 2. The van der Waals surface area contributed by atoms with Gasteiger partial charge in [0.15, 0.2) is 17.5 Å². The fourth-order valence-electron chi connectivity index (χ4n) is 3.71. The summed E-state index contributed by atoms with van der Waals surface area (Å²) in [6.07, 6.45) is 0. The number of aliphatic imine (C=N–C) groups is 1. The standard InChI is InChI=1S/C24H34N4O4/c1-4-25-24(26-16-18-5-8-20(29)9-6-18)27-17-21(28-11-13-32-14-12-28)19-7-10-22(30-2)23(15-19)31-3/h5-10,15,21,29H,4,11-14,16-17H2,1-3H3,(H2,25,26,27). The monoisotopic (exact) mass is 442 g/mol. The molecule has 1 saturated heterocycles. The highest BCUT2D eigenvalue weighted by molar-refractivity contribution is 5.79. The van der Waals surface area contributed by atoms with Crippen LogP contribution in [-0.4, -0.2) is 69.6 Å². The molecule has 0 amide bonds. The van der Waals surface area contributed by atoms with Gasteiger partial charge in [0, 0.05) is 26.2 Å². The maximum Gasteiger partial charge on any atom is 0.191 e. The molecule has 1 atom stereocenters. The lowest BCUT2D eigenvalue weighted by molar-refractivity contribution is 0.0169. The lowest BCUT2D eigenvalue weighted by Crippen LogP contribution is -2.46. The first-order valence-corrected chi connectivity index (χ1v) is 11.0. The minimum absolute atomic E-state index is 0.122. The molecule has 3 N–H and O–H groups in total. The van der Waals surface area contributed by atoms with Crippen molar-refractivity contribution >= 4 is 5.96 Å². The highest BCUT2D eigenvalue weighted by Gasteiger charge is 2.24. The number of morpholine rings is 1. The molecule has 174 valence electrons. The molecule has 0 saturated carbocycles. The van der Waals surface area contributed by atoms with Crippen molar-refractivity contribution in [1.82, 2.24) is 15.5 Å². The number of methoxy groups -OCH3 is 2. The predicted octanol–water partition coefficient (Wildman–Crippen LogP) is 2.54. The molecule has 32 heavy (non-hydrogen) atoms. The zero-order chi connectivity index (χ0) is 22.8. The van der Waals surface area contributed by atoms with Gasteiger partial charge in [0.2, 0.25) is 0 Å². The van der Waals surface area contributed by atoms with E-state index in [-0.39, 0.29) is 11.8 Å². The molecule has 8 nitrogen and oxygen atoms in total. The van der Waals surface area contributed by atoms with E-state index < -0.39 is 0 Å². The fourth-order valence-corrected chi connectivity index (χ4v) is 3.71. The molecule has 8 heteroatoms. The number of hydrogen-bond acceptors (Lipinski definition) is 6. The molecule has 1 unspecified atom stereocenters. The zero-order valence-electron chi connectivity index (χ0n) is 19.1. The van der Waals surface area contributed by atoms with Crippen LogP contribution in [0.5, 0.6) is 17.2 Å². The maximum absolute atomic E-state index is 9.48. The Labute approximate surface area is 190 Å². The third-order valence-electron chi connectivity index (χ3n) is 5.44. The van der Waals surface area contributed by atoms with E-state index in [0.29, 0.717) is 18.8 Å². The average molecular weight is 443 g/mol. The van der Waals surface area contributed by atoms with Gasteiger partial charge in [-0.2, -0.15) is 0 Å². The second kappa shape index (κ2) is 12.2. The highest BCUT2D eigenvalue weighted by atomic mass is 16.5.